The molecular formula is C13H21ClN2O4S. The highest BCUT2D eigenvalue weighted by atomic mass is 35.5. The van der Waals surface area contributed by atoms with Crippen LogP contribution in [0.5, 0.6) is 5.75 Å². The van der Waals surface area contributed by atoms with Gasteiger partial charge in [0.15, 0.2) is 0 Å². The van der Waals surface area contributed by atoms with Crippen LogP contribution >= 0.6 is 11.6 Å². The van der Waals surface area contributed by atoms with E-state index in [4.69, 9.17) is 21.1 Å². The van der Waals surface area contributed by atoms with Crippen LogP contribution in [0.3, 0.4) is 0 Å². The average molecular weight is 337 g/mol. The van der Waals surface area contributed by atoms with Crippen molar-refractivity contribution in [3.63, 3.8) is 0 Å². The van der Waals surface area contributed by atoms with Crippen LogP contribution in [0.2, 0.25) is 5.02 Å². The Morgan fingerprint density at radius 3 is 2.57 bits per heavy atom. The van der Waals surface area contributed by atoms with Crippen LogP contribution in [0.1, 0.15) is 12.5 Å². The fourth-order valence-electron chi connectivity index (χ4n) is 1.80. The molecule has 2 N–H and O–H groups in total. The van der Waals surface area contributed by atoms with Crippen molar-refractivity contribution in [2.24, 2.45) is 0 Å². The zero-order chi connectivity index (χ0) is 15.9. The van der Waals surface area contributed by atoms with E-state index in [1.807, 2.05) is 6.92 Å². The summed E-state index contributed by atoms with van der Waals surface area (Å²) in [7, 11) is -0.772. The molecule has 0 fully saturated rings. The number of halogens is 1. The van der Waals surface area contributed by atoms with E-state index in [0.717, 1.165) is 6.54 Å². The first-order valence-electron chi connectivity index (χ1n) is 6.52. The molecule has 0 amide bonds. The topological polar surface area (TPSA) is 76.7 Å². The largest absolute Gasteiger partial charge is 0.495 e. The number of rotatable bonds is 9. The predicted molar refractivity (Wildman–Crippen MR) is 82.4 cm³/mol. The standard InChI is InChI=1S/C13H21ClN2O4S/c1-4-15-9-10-7-11(14)8-12(13(10)20-3)21(17,18)16-5-6-19-2/h7-8,15-16H,4-6,9H2,1-3H3. The lowest BCUT2D eigenvalue weighted by molar-refractivity contribution is 0.204. The molecular weight excluding hydrogens is 316 g/mol. The number of benzene rings is 1. The maximum atomic E-state index is 12.3. The van der Waals surface area contributed by atoms with Gasteiger partial charge in [-0.25, -0.2) is 13.1 Å². The summed E-state index contributed by atoms with van der Waals surface area (Å²) in [5, 5.41) is 3.47. The third kappa shape index (κ3) is 5.12. The van der Waals surface area contributed by atoms with Gasteiger partial charge in [0.05, 0.1) is 13.7 Å². The fraction of sp³-hybridized carbons (Fsp3) is 0.538. The summed E-state index contributed by atoms with van der Waals surface area (Å²) >= 11 is 6.03. The first-order chi connectivity index (χ1) is 9.96. The minimum absolute atomic E-state index is 0.0292. The van der Waals surface area contributed by atoms with Crippen molar-refractivity contribution in [3.05, 3.63) is 22.7 Å². The van der Waals surface area contributed by atoms with Gasteiger partial charge in [-0.2, -0.15) is 0 Å². The Morgan fingerprint density at radius 2 is 2.00 bits per heavy atom. The van der Waals surface area contributed by atoms with Crippen LogP contribution < -0.4 is 14.8 Å². The first-order valence-corrected chi connectivity index (χ1v) is 8.38. The molecule has 1 rings (SSSR count). The molecule has 1 aromatic carbocycles. The van der Waals surface area contributed by atoms with Gasteiger partial charge in [-0.3, -0.25) is 0 Å². The van der Waals surface area contributed by atoms with Gasteiger partial charge in [-0.05, 0) is 18.7 Å². The third-order valence-electron chi connectivity index (χ3n) is 2.75. The summed E-state index contributed by atoms with van der Waals surface area (Å²) < 4.78 is 37.2. The van der Waals surface area contributed by atoms with Gasteiger partial charge in [0.2, 0.25) is 10.0 Å². The van der Waals surface area contributed by atoms with Crippen molar-refractivity contribution in [2.45, 2.75) is 18.4 Å². The second-order valence-corrected chi connectivity index (χ2v) is 6.44. The zero-order valence-corrected chi connectivity index (χ0v) is 14.0. The van der Waals surface area contributed by atoms with Gasteiger partial charge >= 0.3 is 0 Å². The molecule has 0 heterocycles. The Balaban J connectivity index is 3.18. The number of methoxy groups -OCH3 is 2. The summed E-state index contributed by atoms with van der Waals surface area (Å²) in [5.74, 6) is 0.297. The Labute approximate surface area is 130 Å². The van der Waals surface area contributed by atoms with Gasteiger partial charge in [0.1, 0.15) is 10.6 Å². The highest BCUT2D eigenvalue weighted by Crippen LogP contribution is 2.31. The lowest BCUT2D eigenvalue weighted by Gasteiger charge is -2.15. The molecule has 0 saturated heterocycles. The van der Waals surface area contributed by atoms with Crippen LogP contribution in [-0.4, -0.2) is 42.3 Å². The van der Waals surface area contributed by atoms with Gasteiger partial charge in [-0.15, -0.1) is 0 Å². The summed E-state index contributed by atoms with van der Waals surface area (Å²) in [4.78, 5) is 0.0292. The molecule has 8 heteroatoms. The summed E-state index contributed by atoms with van der Waals surface area (Å²) in [6.45, 7) is 3.65. The smallest absolute Gasteiger partial charge is 0.244 e. The van der Waals surface area contributed by atoms with Crippen molar-refractivity contribution >= 4 is 21.6 Å². The Bertz CT molecular complexity index is 564. The number of hydrogen-bond donors (Lipinski definition) is 2. The van der Waals surface area contributed by atoms with Crippen molar-refractivity contribution in [3.8, 4) is 5.75 Å². The molecule has 0 saturated carbocycles. The van der Waals surface area contributed by atoms with Crippen LogP contribution in [0.15, 0.2) is 17.0 Å². The van der Waals surface area contributed by atoms with Gasteiger partial charge in [0, 0.05) is 30.8 Å². The quantitative estimate of drug-likeness (QED) is 0.666. The third-order valence-corrected chi connectivity index (χ3v) is 4.44. The zero-order valence-electron chi connectivity index (χ0n) is 12.4. The van der Waals surface area contributed by atoms with E-state index in [1.54, 1.807) is 6.07 Å². The maximum absolute atomic E-state index is 12.3. The minimum atomic E-state index is -3.71. The molecule has 0 aliphatic heterocycles. The number of nitrogens with one attached hydrogen (secondary N) is 2. The Kier molecular flexibility index (Phi) is 7.41. The highest BCUT2D eigenvalue weighted by molar-refractivity contribution is 7.89. The molecule has 6 nitrogen and oxygen atoms in total. The first kappa shape index (κ1) is 18.2. The Hall–Kier alpha value is -0.860. The van der Waals surface area contributed by atoms with Crippen LogP contribution in [0.4, 0.5) is 0 Å². The van der Waals surface area contributed by atoms with Crippen molar-refractivity contribution in [1.29, 1.82) is 0 Å². The van der Waals surface area contributed by atoms with E-state index in [-0.39, 0.29) is 18.0 Å². The predicted octanol–water partition coefficient (Wildman–Crippen LogP) is 1.38. The normalized spacial score (nSPS) is 11.6. The number of hydrogen-bond acceptors (Lipinski definition) is 5. The van der Waals surface area contributed by atoms with Gasteiger partial charge in [-0.1, -0.05) is 18.5 Å². The molecule has 0 atom stereocenters. The molecule has 21 heavy (non-hydrogen) atoms. The number of ether oxygens (including phenoxy) is 2. The summed E-state index contributed by atoms with van der Waals surface area (Å²) in [6, 6.07) is 3.07. The molecule has 0 aliphatic rings. The van der Waals surface area contributed by atoms with E-state index in [2.05, 4.69) is 10.0 Å². The van der Waals surface area contributed by atoms with E-state index in [9.17, 15) is 8.42 Å². The Morgan fingerprint density at radius 1 is 1.29 bits per heavy atom. The molecule has 0 aromatic heterocycles. The lowest BCUT2D eigenvalue weighted by atomic mass is 10.2. The number of sulfonamides is 1. The maximum Gasteiger partial charge on any atom is 0.244 e. The SMILES string of the molecule is CCNCc1cc(Cl)cc(S(=O)(=O)NCCOC)c1OC. The second-order valence-electron chi connectivity index (χ2n) is 4.27. The van der Waals surface area contributed by atoms with E-state index in [0.29, 0.717) is 22.9 Å². The van der Waals surface area contributed by atoms with E-state index in [1.165, 1.54) is 20.3 Å². The molecule has 0 spiro atoms. The van der Waals surface area contributed by atoms with Crippen LogP contribution in [-0.2, 0) is 21.3 Å². The molecule has 0 aliphatic carbocycles. The average Bonchev–Trinajstić information content (AvgIpc) is 2.44. The van der Waals surface area contributed by atoms with Crippen molar-refractivity contribution in [2.75, 3.05) is 33.9 Å². The molecule has 0 unspecified atom stereocenters. The van der Waals surface area contributed by atoms with Gasteiger partial charge < -0.3 is 14.8 Å². The van der Waals surface area contributed by atoms with Crippen molar-refractivity contribution < 1.29 is 17.9 Å². The van der Waals surface area contributed by atoms with Crippen molar-refractivity contribution in [1.82, 2.24) is 10.0 Å². The highest BCUT2D eigenvalue weighted by Gasteiger charge is 2.22. The van der Waals surface area contributed by atoms with E-state index >= 15 is 0 Å². The van der Waals surface area contributed by atoms with Crippen LogP contribution in [0.25, 0.3) is 0 Å². The minimum Gasteiger partial charge on any atom is -0.495 e. The molecule has 1 aromatic rings. The fourth-order valence-corrected chi connectivity index (χ4v) is 3.35. The van der Waals surface area contributed by atoms with Crippen LogP contribution in [0, 0.1) is 0 Å². The molecule has 0 bridgehead atoms. The lowest BCUT2D eigenvalue weighted by Crippen LogP contribution is -2.28. The monoisotopic (exact) mass is 336 g/mol. The summed E-state index contributed by atoms with van der Waals surface area (Å²) in [5.41, 5.74) is 0.693. The summed E-state index contributed by atoms with van der Waals surface area (Å²) in [6.07, 6.45) is 0. The molecule has 0 radical (unpaired) electrons. The molecule has 120 valence electrons. The second kappa shape index (κ2) is 8.55. The van der Waals surface area contributed by atoms with E-state index < -0.39 is 10.0 Å². The van der Waals surface area contributed by atoms with Gasteiger partial charge in [0.25, 0.3) is 0 Å².